The Morgan fingerprint density at radius 3 is 2.38 bits per heavy atom. The lowest BCUT2D eigenvalue weighted by atomic mass is 10.2. The van der Waals surface area contributed by atoms with Gasteiger partial charge in [0.15, 0.2) is 0 Å². The SMILES string of the molecule is Cc1ccccc1Oc1ccc(N=Cc2cc(C)n(-c3ccccn3)c2C)cc1. The van der Waals surface area contributed by atoms with Crippen LogP contribution >= 0.6 is 0 Å². The third-order valence-corrected chi connectivity index (χ3v) is 4.86. The highest BCUT2D eigenvalue weighted by atomic mass is 16.5. The maximum atomic E-state index is 5.95. The normalized spacial score (nSPS) is 11.1. The molecule has 0 bridgehead atoms. The zero-order valence-electron chi connectivity index (χ0n) is 16.8. The summed E-state index contributed by atoms with van der Waals surface area (Å²) in [5.41, 5.74) is 5.31. The Bertz CT molecular complexity index is 1140. The fourth-order valence-corrected chi connectivity index (χ4v) is 3.30. The van der Waals surface area contributed by atoms with Gasteiger partial charge in [-0.05, 0) is 74.9 Å². The highest BCUT2D eigenvalue weighted by molar-refractivity contribution is 5.84. The topological polar surface area (TPSA) is 39.4 Å². The first-order valence-electron chi connectivity index (χ1n) is 9.60. The standard InChI is InChI=1S/C25H23N3O/c1-18-8-4-5-9-24(18)29-23-13-11-22(12-14-23)27-17-21-16-19(2)28(20(21)3)25-10-6-7-15-26-25/h4-17H,1-3H3. The van der Waals surface area contributed by atoms with Gasteiger partial charge in [-0.1, -0.05) is 24.3 Å². The first-order chi connectivity index (χ1) is 14.1. The van der Waals surface area contributed by atoms with Crippen LogP contribution in [0, 0.1) is 20.8 Å². The summed E-state index contributed by atoms with van der Waals surface area (Å²) < 4.78 is 8.09. The van der Waals surface area contributed by atoms with Crippen LogP contribution in [0.1, 0.15) is 22.5 Å². The van der Waals surface area contributed by atoms with Crippen molar-refractivity contribution in [2.75, 3.05) is 0 Å². The van der Waals surface area contributed by atoms with Crippen LogP contribution in [-0.2, 0) is 0 Å². The fraction of sp³-hybridized carbons (Fsp3) is 0.120. The minimum Gasteiger partial charge on any atom is -0.457 e. The molecule has 2 aromatic heterocycles. The first-order valence-corrected chi connectivity index (χ1v) is 9.60. The number of aliphatic imine (C=N–C) groups is 1. The molecule has 0 saturated carbocycles. The number of para-hydroxylation sites is 1. The number of aromatic nitrogens is 2. The van der Waals surface area contributed by atoms with E-state index in [0.717, 1.165) is 45.5 Å². The predicted octanol–water partition coefficient (Wildman–Crippen LogP) is 6.34. The van der Waals surface area contributed by atoms with Gasteiger partial charge in [0.1, 0.15) is 17.3 Å². The van der Waals surface area contributed by atoms with Crippen molar-refractivity contribution in [1.82, 2.24) is 9.55 Å². The Labute approximate surface area is 171 Å². The molecule has 0 aliphatic carbocycles. The van der Waals surface area contributed by atoms with Crippen molar-refractivity contribution < 1.29 is 4.74 Å². The summed E-state index contributed by atoms with van der Waals surface area (Å²) in [4.78, 5) is 9.09. The van der Waals surface area contributed by atoms with E-state index in [4.69, 9.17) is 4.74 Å². The summed E-state index contributed by atoms with van der Waals surface area (Å²) in [7, 11) is 0. The second-order valence-corrected chi connectivity index (χ2v) is 6.97. The lowest BCUT2D eigenvalue weighted by Gasteiger charge is -2.08. The van der Waals surface area contributed by atoms with Gasteiger partial charge in [-0.2, -0.15) is 0 Å². The van der Waals surface area contributed by atoms with Crippen molar-refractivity contribution in [3.63, 3.8) is 0 Å². The molecule has 144 valence electrons. The number of aryl methyl sites for hydroxylation is 2. The van der Waals surface area contributed by atoms with Gasteiger partial charge in [0.05, 0.1) is 5.69 Å². The Hall–Kier alpha value is -3.66. The number of nitrogens with zero attached hydrogens (tertiary/aromatic N) is 3. The largest absolute Gasteiger partial charge is 0.457 e. The van der Waals surface area contributed by atoms with E-state index >= 15 is 0 Å². The van der Waals surface area contributed by atoms with Crippen LogP contribution in [0.5, 0.6) is 11.5 Å². The van der Waals surface area contributed by atoms with Crippen LogP contribution in [0.15, 0.2) is 84.0 Å². The minimum absolute atomic E-state index is 0.798. The van der Waals surface area contributed by atoms with E-state index < -0.39 is 0 Å². The molecule has 29 heavy (non-hydrogen) atoms. The van der Waals surface area contributed by atoms with Gasteiger partial charge in [0, 0.05) is 29.4 Å². The molecule has 4 nitrogen and oxygen atoms in total. The van der Waals surface area contributed by atoms with Gasteiger partial charge in [-0.25, -0.2) is 4.98 Å². The Morgan fingerprint density at radius 2 is 1.66 bits per heavy atom. The first kappa shape index (κ1) is 18.7. The summed E-state index contributed by atoms with van der Waals surface area (Å²) in [5.74, 6) is 2.58. The molecule has 0 aliphatic rings. The Balaban J connectivity index is 1.52. The fourth-order valence-electron chi connectivity index (χ4n) is 3.30. The third kappa shape index (κ3) is 4.11. The van der Waals surface area contributed by atoms with Gasteiger partial charge in [-0.15, -0.1) is 0 Å². The Morgan fingerprint density at radius 1 is 0.897 bits per heavy atom. The molecule has 0 unspecified atom stereocenters. The van der Waals surface area contributed by atoms with Crippen molar-refractivity contribution in [2.45, 2.75) is 20.8 Å². The third-order valence-electron chi connectivity index (χ3n) is 4.86. The summed E-state index contributed by atoms with van der Waals surface area (Å²) in [6, 6.07) is 23.8. The molecule has 0 fully saturated rings. The van der Waals surface area contributed by atoms with E-state index in [1.165, 1.54) is 0 Å². The second kappa shape index (κ2) is 8.15. The number of ether oxygens (including phenoxy) is 1. The van der Waals surface area contributed by atoms with Crippen LogP contribution in [0.4, 0.5) is 5.69 Å². The van der Waals surface area contributed by atoms with Gasteiger partial charge in [0.2, 0.25) is 0 Å². The van der Waals surface area contributed by atoms with E-state index in [-0.39, 0.29) is 0 Å². The molecule has 0 spiro atoms. The van der Waals surface area contributed by atoms with Crippen LogP contribution in [0.3, 0.4) is 0 Å². The van der Waals surface area contributed by atoms with Gasteiger partial charge in [0.25, 0.3) is 0 Å². The van der Waals surface area contributed by atoms with E-state index in [2.05, 4.69) is 34.5 Å². The maximum Gasteiger partial charge on any atom is 0.136 e. The highest BCUT2D eigenvalue weighted by Gasteiger charge is 2.09. The van der Waals surface area contributed by atoms with Crippen LogP contribution in [-0.4, -0.2) is 15.8 Å². The second-order valence-electron chi connectivity index (χ2n) is 6.97. The molecule has 0 saturated heterocycles. The Kier molecular flexibility index (Phi) is 5.25. The smallest absolute Gasteiger partial charge is 0.136 e. The minimum atomic E-state index is 0.798. The highest BCUT2D eigenvalue weighted by Crippen LogP contribution is 2.26. The molecule has 4 aromatic rings. The molecule has 4 rings (SSSR count). The van der Waals surface area contributed by atoms with Crippen LogP contribution < -0.4 is 4.74 Å². The molecular weight excluding hydrogens is 358 g/mol. The molecule has 4 heteroatoms. The van der Waals surface area contributed by atoms with E-state index in [9.17, 15) is 0 Å². The zero-order valence-corrected chi connectivity index (χ0v) is 16.8. The monoisotopic (exact) mass is 381 g/mol. The molecule has 0 atom stereocenters. The molecule has 0 radical (unpaired) electrons. The van der Waals surface area contributed by atoms with Crippen molar-refractivity contribution in [3.05, 3.63) is 102 Å². The van der Waals surface area contributed by atoms with Crippen molar-refractivity contribution in [2.24, 2.45) is 4.99 Å². The molecule has 0 N–H and O–H groups in total. The van der Waals surface area contributed by atoms with E-state index in [1.807, 2.05) is 86.1 Å². The van der Waals surface area contributed by atoms with E-state index in [1.54, 1.807) is 0 Å². The number of pyridine rings is 1. The quantitative estimate of drug-likeness (QED) is 0.378. The maximum absolute atomic E-state index is 5.95. The molecule has 2 aromatic carbocycles. The van der Waals surface area contributed by atoms with E-state index in [0.29, 0.717) is 0 Å². The summed E-state index contributed by atoms with van der Waals surface area (Å²) in [6.45, 7) is 6.20. The zero-order chi connectivity index (χ0) is 20.2. The van der Waals surface area contributed by atoms with Gasteiger partial charge < -0.3 is 9.30 Å². The van der Waals surface area contributed by atoms with Crippen molar-refractivity contribution in [3.8, 4) is 17.3 Å². The lowest BCUT2D eigenvalue weighted by molar-refractivity contribution is 0.479. The van der Waals surface area contributed by atoms with Crippen LogP contribution in [0.2, 0.25) is 0 Å². The van der Waals surface area contributed by atoms with Gasteiger partial charge >= 0.3 is 0 Å². The molecule has 0 amide bonds. The molecular formula is C25H23N3O. The van der Waals surface area contributed by atoms with Crippen molar-refractivity contribution >= 4 is 11.9 Å². The van der Waals surface area contributed by atoms with Crippen LogP contribution in [0.25, 0.3) is 5.82 Å². The number of hydrogen-bond acceptors (Lipinski definition) is 3. The lowest BCUT2D eigenvalue weighted by Crippen LogP contribution is -2.01. The summed E-state index contributed by atoms with van der Waals surface area (Å²) in [5, 5.41) is 0. The van der Waals surface area contributed by atoms with Crippen molar-refractivity contribution in [1.29, 1.82) is 0 Å². The number of benzene rings is 2. The van der Waals surface area contributed by atoms with Gasteiger partial charge in [-0.3, -0.25) is 4.99 Å². The summed E-state index contributed by atoms with van der Waals surface area (Å²) in [6.07, 6.45) is 3.71. The number of hydrogen-bond donors (Lipinski definition) is 0. The summed E-state index contributed by atoms with van der Waals surface area (Å²) >= 11 is 0. The molecule has 0 aliphatic heterocycles. The predicted molar refractivity (Wildman–Crippen MR) is 118 cm³/mol. The number of rotatable bonds is 5. The average molecular weight is 381 g/mol. The average Bonchev–Trinajstić information content (AvgIpc) is 3.03. The molecule has 2 heterocycles.